The molecule has 0 aliphatic carbocycles. The molecule has 0 bridgehead atoms. The van der Waals surface area contributed by atoms with Gasteiger partial charge in [-0.3, -0.25) is 4.79 Å². The molecule has 1 aliphatic heterocycles. The highest BCUT2D eigenvalue weighted by Gasteiger charge is 2.25. The number of carbonyl (C=O) groups is 1. The van der Waals surface area contributed by atoms with Crippen molar-refractivity contribution in [3.63, 3.8) is 0 Å². The van der Waals surface area contributed by atoms with Crippen LogP contribution in [0.2, 0.25) is 0 Å². The molecule has 13 heavy (non-hydrogen) atoms. The molecule has 1 fully saturated rings. The van der Waals surface area contributed by atoms with Crippen molar-refractivity contribution in [2.75, 3.05) is 18.8 Å². The van der Waals surface area contributed by atoms with Crippen LogP contribution in [-0.2, 0) is 4.79 Å². The first kappa shape index (κ1) is 10.9. The predicted octanol–water partition coefficient (Wildman–Crippen LogP) is 1.95. The SMILES string of the molecule is CC1CC(=O)N(CCCCCS)C1. The Morgan fingerprint density at radius 2 is 2.23 bits per heavy atom. The average molecular weight is 201 g/mol. The van der Waals surface area contributed by atoms with Gasteiger partial charge in [0.05, 0.1) is 0 Å². The molecule has 1 atom stereocenters. The van der Waals surface area contributed by atoms with E-state index in [1.54, 1.807) is 0 Å². The maximum Gasteiger partial charge on any atom is 0.222 e. The van der Waals surface area contributed by atoms with Gasteiger partial charge in [-0.15, -0.1) is 0 Å². The molecule has 0 spiro atoms. The van der Waals surface area contributed by atoms with E-state index in [4.69, 9.17) is 0 Å². The van der Waals surface area contributed by atoms with E-state index in [9.17, 15) is 4.79 Å². The molecule has 0 radical (unpaired) electrons. The zero-order valence-electron chi connectivity index (χ0n) is 8.33. The van der Waals surface area contributed by atoms with Crippen molar-refractivity contribution in [1.29, 1.82) is 0 Å². The lowest BCUT2D eigenvalue weighted by atomic mass is 10.2. The lowest BCUT2D eigenvalue weighted by Gasteiger charge is -2.15. The fraction of sp³-hybridized carbons (Fsp3) is 0.900. The maximum atomic E-state index is 11.4. The van der Waals surface area contributed by atoms with Gasteiger partial charge in [-0.2, -0.15) is 12.6 Å². The summed E-state index contributed by atoms with van der Waals surface area (Å²) in [7, 11) is 0. The Balaban J connectivity index is 2.11. The summed E-state index contributed by atoms with van der Waals surface area (Å²) < 4.78 is 0. The molecule has 0 aromatic heterocycles. The summed E-state index contributed by atoms with van der Waals surface area (Å²) in [4.78, 5) is 13.4. The summed E-state index contributed by atoms with van der Waals surface area (Å²) in [6, 6.07) is 0. The first-order valence-corrected chi connectivity index (χ1v) is 5.76. The second-order valence-corrected chi connectivity index (χ2v) is 4.38. The summed E-state index contributed by atoms with van der Waals surface area (Å²) in [5.41, 5.74) is 0. The topological polar surface area (TPSA) is 20.3 Å². The van der Waals surface area contributed by atoms with Gasteiger partial charge in [-0.25, -0.2) is 0 Å². The second-order valence-electron chi connectivity index (χ2n) is 3.93. The zero-order chi connectivity index (χ0) is 9.68. The van der Waals surface area contributed by atoms with E-state index < -0.39 is 0 Å². The van der Waals surface area contributed by atoms with Crippen molar-refractivity contribution in [3.8, 4) is 0 Å². The van der Waals surface area contributed by atoms with Crippen molar-refractivity contribution >= 4 is 18.5 Å². The minimum absolute atomic E-state index is 0.346. The van der Waals surface area contributed by atoms with Crippen molar-refractivity contribution in [2.24, 2.45) is 5.92 Å². The van der Waals surface area contributed by atoms with Crippen LogP contribution in [0, 0.1) is 5.92 Å². The third kappa shape index (κ3) is 3.59. The fourth-order valence-electron chi connectivity index (χ4n) is 1.78. The lowest BCUT2D eigenvalue weighted by molar-refractivity contribution is -0.127. The summed E-state index contributed by atoms with van der Waals surface area (Å²) in [5, 5.41) is 0. The quantitative estimate of drug-likeness (QED) is 0.532. The Kier molecular flexibility index (Phi) is 4.64. The van der Waals surface area contributed by atoms with Gasteiger partial charge in [0, 0.05) is 19.5 Å². The van der Waals surface area contributed by atoms with E-state index in [1.165, 1.54) is 12.8 Å². The number of nitrogens with zero attached hydrogens (tertiary/aromatic N) is 1. The zero-order valence-corrected chi connectivity index (χ0v) is 9.22. The number of hydrogen-bond acceptors (Lipinski definition) is 2. The second kappa shape index (κ2) is 5.53. The third-order valence-electron chi connectivity index (χ3n) is 2.49. The van der Waals surface area contributed by atoms with E-state index in [0.29, 0.717) is 11.8 Å². The van der Waals surface area contributed by atoms with Crippen LogP contribution in [0.4, 0.5) is 0 Å². The Bertz CT molecular complexity index is 172. The molecule has 1 aliphatic rings. The smallest absolute Gasteiger partial charge is 0.222 e. The minimum atomic E-state index is 0.346. The highest BCUT2D eigenvalue weighted by molar-refractivity contribution is 7.80. The highest BCUT2D eigenvalue weighted by atomic mass is 32.1. The summed E-state index contributed by atoms with van der Waals surface area (Å²) in [5.74, 6) is 1.88. The van der Waals surface area contributed by atoms with Gasteiger partial charge in [0.15, 0.2) is 0 Å². The van der Waals surface area contributed by atoms with Gasteiger partial charge >= 0.3 is 0 Å². The monoisotopic (exact) mass is 201 g/mol. The standard InChI is InChI=1S/C10H19NOS/c1-9-7-10(12)11(8-9)5-3-2-4-6-13/h9,13H,2-8H2,1H3. The fourth-order valence-corrected chi connectivity index (χ4v) is 2.00. The highest BCUT2D eigenvalue weighted by Crippen LogP contribution is 2.17. The van der Waals surface area contributed by atoms with Gasteiger partial charge < -0.3 is 4.90 Å². The van der Waals surface area contributed by atoms with Crippen LogP contribution < -0.4 is 0 Å². The van der Waals surface area contributed by atoms with Crippen molar-refractivity contribution in [2.45, 2.75) is 32.6 Å². The number of likely N-dealkylation sites (tertiary alicyclic amines) is 1. The first-order chi connectivity index (χ1) is 6.24. The number of hydrogen-bond donors (Lipinski definition) is 1. The van der Waals surface area contributed by atoms with Crippen LogP contribution in [0.5, 0.6) is 0 Å². The number of unbranched alkanes of at least 4 members (excludes halogenated alkanes) is 2. The van der Waals surface area contributed by atoms with Crippen molar-refractivity contribution in [3.05, 3.63) is 0 Å². The largest absolute Gasteiger partial charge is 0.342 e. The number of thiol groups is 1. The van der Waals surface area contributed by atoms with Crippen molar-refractivity contribution in [1.82, 2.24) is 4.90 Å². The van der Waals surface area contributed by atoms with Gasteiger partial charge in [0.1, 0.15) is 0 Å². The van der Waals surface area contributed by atoms with Gasteiger partial charge in [0.25, 0.3) is 0 Å². The predicted molar refractivity (Wildman–Crippen MR) is 58.1 cm³/mol. The van der Waals surface area contributed by atoms with E-state index in [0.717, 1.165) is 31.7 Å². The van der Waals surface area contributed by atoms with Crippen LogP contribution in [0.1, 0.15) is 32.6 Å². The molecule has 76 valence electrons. The van der Waals surface area contributed by atoms with Crippen molar-refractivity contribution < 1.29 is 4.79 Å². The molecule has 1 saturated heterocycles. The molecule has 0 N–H and O–H groups in total. The molecular weight excluding hydrogens is 182 g/mol. The van der Waals surface area contributed by atoms with Crippen LogP contribution >= 0.6 is 12.6 Å². The molecule has 2 nitrogen and oxygen atoms in total. The molecule has 1 amide bonds. The molecular formula is C10H19NOS. The molecule has 3 heteroatoms. The van der Waals surface area contributed by atoms with E-state index >= 15 is 0 Å². The average Bonchev–Trinajstić information content (AvgIpc) is 2.39. The van der Waals surface area contributed by atoms with E-state index in [-0.39, 0.29) is 0 Å². The van der Waals surface area contributed by atoms with Crippen LogP contribution in [0.25, 0.3) is 0 Å². The minimum Gasteiger partial charge on any atom is -0.342 e. The number of amides is 1. The van der Waals surface area contributed by atoms with Gasteiger partial charge in [-0.1, -0.05) is 13.3 Å². The van der Waals surface area contributed by atoms with Crippen LogP contribution in [0.3, 0.4) is 0 Å². The summed E-state index contributed by atoms with van der Waals surface area (Å²) >= 11 is 4.15. The number of carbonyl (C=O) groups excluding carboxylic acids is 1. The number of rotatable bonds is 5. The maximum absolute atomic E-state index is 11.4. The molecule has 0 aromatic rings. The molecule has 1 rings (SSSR count). The molecule has 0 aromatic carbocycles. The Morgan fingerprint density at radius 3 is 2.77 bits per heavy atom. The van der Waals surface area contributed by atoms with Crippen LogP contribution in [0.15, 0.2) is 0 Å². The third-order valence-corrected chi connectivity index (χ3v) is 2.81. The summed E-state index contributed by atoms with van der Waals surface area (Å²) in [6.45, 7) is 4.07. The Hall–Kier alpha value is -0.180. The van der Waals surface area contributed by atoms with E-state index in [1.807, 2.05) is 4.90 Å². The Labute approximate surface area is 86.1 Å². The molecule has 1 unspecified atom stereocenters. The van der Waals surface area contributed by atoms with Crippen LogP contribution in [-0.4, -0.2) is 29.6 Å². The first-order valence-electron chi connectivity index (χ1n) is 5.12. The van der Waals surface area contributed by atoms with Gasteiger partial charge in [0.2, 0.25) is 5.91 Å². The van der Waals surface area contributed by atoms with E-state index in [2.05, 4.69) is 19.6 Å². The lowest BCUT2D eigenvalue weighted by Crippen LogP contribution is -2.26. The Morgan fingerprint density at radius 1 is 1.46 bits per heavy atom. The summed E-state index contributed by atoms with van der Waals surface area (Å²) in [6.07, 6.45) is 4.26. The normalized spacial score (nSPS) is 22.8. The molecule has 1 heterocycles. The molecule has 0 saturated carbocycles. The van der Waals surface area contributed by atoms with Gasteiger partial charge in [-0.05, 0) is 24.5 Å².